The quantitative estimate of drug-likeness (QED) is 0.531. The Hall–Kier alpha value is -3.11. The lowest BCUT2D eigenvalue weighted by Gasteiger charge is -2.25. The molecule has 1 amide bonds. The van der Waals surface area contributed by atoms with Crippen LogP contribution in [-0.4, -0.2) is 41.9 Å². The normalized spacial score (nSPS) is 14.8. The zero-order chi connectivity index (χ0) is 23.3. The third kappa shape index (κ3) is 5.82. The number of halogens is 1. The number of carbonyl (C=O) groups is 1. The summed E-state index contributed by atoms with van der Waals surface area (Å²) in [6, 6.07) is 12.0. The van der Waals surface area contributed by atoms with Crippen molar-refractivity contribution in [3.63, 3.8) is 0 Å². The van der Waals surface area contributed by atoms with Gasteiger partial charge in [-0.25, -0.2) is 12.8 Å². The molecule has 1 fully saturated rings. The number of amides is 1. The summed E-state index contributed by atoms with van der Waals surface area (Å²) < 4.78 is 45.2. The first-order valence-electron chi connectivity index (χ1n) is 10.9. The van der Waals surface area contributed by atoms with Crippen LogP contribution in [0, 0.1) is 5.82 Å². The van der Waals surface area contributed by atoms with Crippen molar-refractivity contribution in [3.8, 4) is 11.4 Å². The molecule has 4 rings (SSSR count). The van der Waals surface area contributed by atoms with Gasteiger partial charge in [-0.2, -0.15) is 9.29 Å². The molecule has 174 valence electrons. The fourth-order valence-corrected chi connectivity index (χ4v) is 5.18. The molecule has 1 saturated heterocycles. The van der Waals surface area contributed by atoms with E-state index >= 15 is 0 Å². The van der Waals surface area contributed by atoms with Crippen molar-refractivity contribution in [3.05, 3.63) is 60.2 Å². The summed E-state index contributed by atoms with van der Waals surface area (Å²) in [5.41, 5.74) is 1.18. The number of hydrogen-bond donors (Lipinski definition) is 1. The number of benzene rings is 2. The molecule has 0 unspecified atom stereocenters. The van der Waals surface area contributed by atoms with Crippen LogP contribution in [0.2, 0.25) is 0 Å². The van der Waals surface area contributed by atoms with E-state index in [1.807, 2.05) is 0 Å². The third-order valence-electron chi connectivity index (χ3n) is 5.46. The van der Waals surface area contributed by atoms with Crippen LogP contribution in [0.25, 0.3) is 11.4 Å². The van der Waals surface area contributed by atoms with Gasteiger partial charge in [-0.05, 0) is 67.8 Å². The first-order valence-corrected chi connectivity index (χ1v) is 12.3. The summed E-state index contributed by atoms with van der Waals surface area (Å²) in [6.07, 6.45) is 3.98. The molecule has 0 saturated carbocycles. The number of sulfonamides is 1. The monoisotopic (exact) mass is 472 g/mol. The van der Waals surface area contributed by atoms with Crippen molar-refractivity contribution in [2.45, 2.75) is 43.4 Å². The molecule has 1 aromatic heterocycles. The molecular formula is C23H25FN4O4S. The Balaban J connectivity index is 1.26. The minimum Gasteiger partial charge on any atom is -0.339 e. The Morgan fingerprint density at radius 2 is 1.73 bits per heavy atom. The highest BCUT2D eigenvalue weighted by Gasteiger charge is 2.25. The van der Waals surface area contributed by atoms with Crippen LogP contribution in [0.3, 0.4) is 0 Å². The van der Waals surface area contributed by atoms with E-state index < -0.39 is 10.0 Å². The molecule has 1 aliphatic rings. The van der Waals surface area contributed by atoms with Crippen LogP contribution in [0.1, 0.15) is 38.0 Å². The molecule has 0 bridgehead atoms. The molecular weight excluding hydrogens is 447 g/mol. The van der Waals surface area contributed by atoms with E-state index in [1.165, 1.54) is 28.6 Å². The van der Waals surface area contributed by atoms with Crippen molar-refractivity contribution in [1.29, 1.82) is 0 Å². The molecule has 33 heavy (non-hydrogen) atoms. The Labute approximate surface area is 191 Å². The number of carbonyl (C=O) groups excluding carboxylic acids is 1. The van der Waals surface area contributed by atoms with Gasteiger partial charge in [0.1, 0.15) is 5.82 Å². The lowest BCUT2D eigenvalue weighted by Crippen LogP contribution is -2.35. The first kappa shape index (κ1) is 23.1. The highest BCUT2D eigenvalue weighted by molar-refractivity contribution is 7.89. The van der Waals surface area contributed by atoms with E-state index in [0.717, 1.165) is 19.3 Å². The number of piperidine rings is 1. The number of nitrogens with one attached hydrogen (secondary N) is 1. The van der Waals surface area contributed by atoms with E-state index in [1.54, 1.807) is 24.3 Å². The molecule has 0 radical (unpaired) electrons. The zero-order valence-electron chi connectivity index (χ0n) is 18.0. The van der Waals surface area contributed by atoms with Crippen LogP contribution in [0.4, 0.5) is 10.1 Å². The SMILES string of the molecule is O=C(CCCc1nc(-c2ccc(F)cc2)no1)Nc1ccc(S(=O)(=O)N2CCCCC2)cc1. The van der Waals surface area contributed by atoms with Gasteiger partial charge in [-0.1, -0.05) is 11.6 Å². The number of hydrogen-bond acceptors (Lipinski definition) is 6. The fourth-order valence-electron chi connectivity index (χ4n) is 3.66. The summed E-state index contributed by atoms with van der Waals surface area (Å²) >= 11 is 0. The third-order valence-corrected chi connectivity index (χ3v) is 7.37. The Bertz CT molecular complexity index is 1190. The van der Waals surface area contributed by atoms with Gasteiger partial charge in [-0.15, -0.1) is 0 Å². The van der Waals surface area contributed by atoms with Gasteiger partial charge < -0.3 is 9.84 Å². The van der Waals surface area contributed by atoms with Gasteiger partial charge in [-0.3, -0.25) is 4.79 Å². The van der Waals surface area contributed by atoms with E-state index in [2.05, 4.69) is 15.5 Å². The average Bonchev–Trinajstić information content (AvgIpc) is 3.29. The second-order valence-corrected chi connectivity index (χ2v) is 9.85. The van der Waals surface area contributed by atoms with Gasteiger partial charge in [0.15, 0.2) is 0 Å². The molecule has 8 nitrogen and oxygen atoms in total. The second-order valence-electron chi connectivity index (χ2n) is 7.91. The Morgan fingerprint density at radius 1 is 1.03 bits per heavy atom. The van der Waals surface area contributed by atoms with Crippen LogP contribution < -0.4 is 5.32 Å². The minimum atomic E-state index is -3.49. The predicted molar refractivity (Wildman–Crippen MR) is 120 cm³/mol. The number of nitrogens with zero attached hydrogens (tertiary/aromatic N) is 3. The maximum Gasteiger partial charge on any atom is 0.243 e. The van der Waals surface area contributed by atoms with Crippen molar-refractivity contribution < 1.29 is 22.1 Å². The smallest absolute Gasteiger partial charge is 0.243 e. The van der Waals surface area contributed by atoms with E-state index in [9.17, 15) is 17.6 Å². The maximum absolute atomic E-state index is 13.0. The van der Waals surface area contributed by atoms with Crippen LogP contribution >= 0.6 is 0 Å². The van der Waals surface area contributed by atoms with E-state index in [4.69, 9.17) is 4.52 Å². The van der Waals surface area contributed by atoms with Crippen LogP contribution in [0.5, 0.6) is 0 Å². The van der Waals surface area contributed by atoms with Crippen molar-refractivity contribution in [2.24, 2.45) is 0 Å². The van der Waals surface area contributed by atoms with Gasteiger partial charge in [0, 0.05) is 37.2 Å². The molecule has 0 spiro atoms. The lowest BCUT2D eigenvalue weighted by molar-refractivity contribution is -0.116. The first-order chi connectivity index (χ1) is 15.9. The topological polar surface area (TPSA) is 105 Å². The average molecular weight is 473 g/mol. The van der Waals surface area contributed by atoms with Crippen molar-refractivity contribution >= 4 is 21.6 Å². The summed E-state index contributed by atoms with van der Waals surface area (Å²) in [7, 11) is -3.49. The predicted octanol–water partition coefficient (Wildman–Crippen LogP) is 4.01. The highest BCUT2D eigenvalue weighted by atomic mass is 32.2. The molecule has 0 atom stereocenters. The minimum absolute atomic E-state index is 0.195. The van der Waals surface area contributed by atoms with Crippen molar-refractivity contribution in [1.82, 2.24) is 14.4 Å². The Morgan fingerprint density at radius 3 is 2.42 bits per heavy atom. The zero-order valence-corrected chi connectivity index (χ0v) is 18.9. The van der Waals surface area contributed by atoms with E-state index in [0.29, 0.717) is 48.9 Å². The Kier molecular flexibility index (Phi) is 7.14. The van der Waals surface area contributed by atoms with E-state index in [-0.39, 0.29) is 23.0 Å². The molecule has 1 N–H and O–H groups in total. The molecule has 3 aromatic rings. The lowest BCUT2D eigenvalue weighted by atomic mass is 10.2. The molecule has 2 heterocycles. The van der Waals surface area contributed by atoms with Gasteiger partial charge in [0.05, 0.1) is 4.90 Å². The number of aryl methyl sites for hydroxylation is 1. The highest BCUT2D eigenvalue weighted by Crippen LogP contribution is 2.22. The second kappa shape index (κ2) is 10.2. The molecule has 1 aliphatic heterocycles. The van der Waals surface area contributed by atoms with Crippen molar-refractivity contribution in [2.75, 3.05) is 18.4 Å². The number of anilines is 1. The van der Waals surface area contributed by atoms with Crippen LogP contribution in [0.15, 0.2) is 57.9 Å². The van der Waals surface area contributed by atoms with Gasteiger partial charge in [0.2, 0.25) is 27.6 Å². The summed E-state index contributed by atoms with van der Waals surface area (Å²) in [6.45, 7) is 1.10. The summed E-state index contributed by atoms with van der Waals surface area (Å²) in [5, 5.41) is 6.65. The number of aromatic nitrogens is 2. The summed E-state index contributed by atoms with van der Waals surface area (Å²) in [5.74, 6) is 0.232. The largest absolute Gasteiger partial charge is 0.339 e. The fraction of sp³-hybridized carbons (Fsp3) is 0.348. The molecule has 0 aliphatic carbocycles. The van der Waals surface area contributed by atoms with Gasteiger partial charge in [0.25, 0.3) is 0 Å². The molecule has 2 aromatic carbocycles. The standard InChI is InChI=1S/C23H25FN4O4S/c24-18-9-7-17(8-10-18)23-26-22(32-27-23)6-4-5-21(29)25-19-11-13-20(14-12-19)33(30,31)28-15-2-1-3-16-28/h7-14H,1-6,15-16H2,(H,25,29). The molecule has 10 heteroatoms. The number of rotatable bonds is 8. The maximum atomic E-state index is 13.0. The van der Waals surface area contributed by atoms with Gasteiger partial charge >= 0.3 is 0 Å². The van der Waals surface area contributed by atoms with Crippen LogP contribution in [-0.2, 0) is 21.2 Å². The summed E-state index contributed by atoms with van der Waals surface area (Å²) in [4.78, 5) is 16.8.